The van der Waals surface area contributed by atoms with Crippen molar-refractivity contribution in [2.45, 2.75) is 78.5 Å². The highest BCUT2D eigenvalue weighted by Crippen LogP contribution is 2.27. The van der Waals surface area contributed by atoms with Crippen molar-refractivity contribution in [3.63, 3.8) is 0 Å². The zero-order chi connectivity index (χ0) is 27.1. The van der Waals surface area contributed by atoms with Crippen molar-refractivity contribution in [1.29, 1.82) is 0 Å². The Hall–Kier alpha value is -3.60. The van der Waals surface area contributed by atoms with Gasteiger partial charge < -0.3 is 15.0 Å². The SMILES string of the molecule is CCCCCc1ccc(NC(=O)[C@@H]2Cc3ccccc3CN2C(=O)c2cccc(OC(C)C(C)C)c2)cc1. The van der Waals surface area contributed by atoms with Crippen molar-refractivity contribution < 1.29 is 14.3 Å². The molecule has 5 nitrogen and oxygen atoms in total. The molecule has 5 heteroatoms. The number of nitrogens with zero attached hydrogens (tertiary/aromatic N) is 1. The van der Waals surface area contributed by atoms with E-state index in [9.17, 15) is 9.59 Å². The van der Waals surface area contributed by atoms with Crippen LogP contribution in [0.3, 0.4) is 0 Å². The Kier molecular flexibility index (Phi) is 9.22. The standard InChI is InChI=1S/C33H40N2O3/c1-5-6-7-11-25-16-18-29(19-17-25)34-32(36)31-21-26-12-8-9-13-28(26)22-35(31)33(37)27-14-10-15-30(20-27)38-24(4)23(2)3/h8-10,12-20,23-24,31H,5-7,11,21-22H2,1-4H3,(H,34,36)/t24?,31-/m0/s1. The molecule has 1 N–H and O–H groups in total. The Balaban J connectivity index is 1.54. The monoisotopic (exact) mass is 512 g/mol. The molecule has 1 unspecified atom stereocenters. The van der Waals surface area contributed by atoms with E-state index in [1.54, 1.807) is 17.0 Å². The Morgan fingerprint density at radius 3 is 2.39 bits per heavy atom. The summed E-state index contributed by atoms with van der Waals surface area (Å²) in [6.45, 7) is 8.83. The molecule has 0 saturated carbocycles. The molecule has 4 rings (SSSR count). The molecule has 1 aliphatic rings. The summed E-state index contributed by atoms with van der Waals surface area (Å²) in [7, 11) is 0. The van der Waals surface area contributed by atoms with E-state index in [0.717, 1.165) is 23.2 Å². The van der Waals surface area contributed by atoms with E-state index in [0.29, 0.717) is 30.2 Å². The fourth-order valence-electron chi connectivity index (χ4n) is 4.75. The van der Waals surface area contributed by atoms with Crippen molar-refractivity contribution in [3.05, 3.63) is 95.1 Å². The largest absolute Gasteiger partial charge is 0.490 e. The number of carbonyl (C=O) groups excluding carboxylic acids is 2. The molecule has 0 saturated heterocycles. The lowest BCUT2D eigenvalue weighted by Crippen LogP contribution is -2.50. The third kappa shape index (κ3) is 6.83. The van der Waals surface area contributed by atoms with Gasteiger partial charge in [0.1, 0.15) is 11.8 Å². The number of amides is 2. The van der Waals surface area contributed by atoms with Crippen molar-refractivity contribution in [2.24, 2.45) is 5.92 Å². The molecule has 0 bridgehead atoms. The molecule has 1 heterocycles. The summed E-state index contributed by atoms with van der Waals surface area (Å²) in [5, 5.41) is 3.07. The first kappa shape index (κ1) is 27.4. The van der Waals surface area contributed by atoms with Crippen LogP contribution < -0.4 is 10.1 Å². The Morgan fingerprint density at radius 2 is 1.68 bits per heavy atom. The fourth-order valence-corrected chi connectivity index (χ4v) is 4.75. The topological polar surface area (TPSA) is 58.6 Å². The minimum Gasteiger partial charge on any atom is -0.490 e. The lowest BCUT2D eigenvalue weighted by molar-refractivity contribution is -0.121. The summed E-state index contributed by atoms with van der Waals surface area (Å²) in [6.07, 6.45) is 5.13. The summed E-state index contributed by atoms with van der Waals surface area (Å²) >= 11 is 0. The molecule has 2 atom stereocenters. The molecule has 2 amide bonds. The van der Waals surface area contributed by atoms with Gasteiger partial charge in [0.25, 0.3) is 5.91 Å². The van der Waals surface area contributed by atoms with E-state index >= 15 is 0 Å². The molecule has 0 aliphatic carbocycles. The van der Waals surface area contributed by atoms with Gasteiger partial charge in [-0.15, -0.1) is 0 Å². The summed E-state index contributed by atoms with van der Waals surface area (Å²) in [4.78, 5) is 29.1. The molecule has 200 valence electrons. The average Bonchev–Trinajstić information content (AvgIpc) is 2.93. The molecule has 3 aromatic carbocycles. The van der Waals surface area contributed by atoms with Gasteiger partial charge >= 0.3 is 0 Å². The van der Waals surface area contributed by atoms with Crippen LogP contribution >= 0.6 is 0 Å². The smallest absolute Gasteiger partial charge is 0.254 e. The molecule has 38 heavy (non-hydrogen) atoms. The van der Waals surface area contributed by atoms with Crippen LogP contribution in [-0.2, 0) is 24.2 Å². The highest BCUT2D eigenvalue weighted by Gasteiger charge is 2.35. The molecule has 1 aliphatic heterocycles. The van der Waals surface area contributed by atoms with E-state index in [1.165, 1.54) is 24.8 Å². The van der Waals surface area contributed by atoms with Gasteiger partial charge in [0.2, 0.25) is 5.91 Å². The Labute approximate surface area is 227 Å². The van der Waals surface area contributed by atoms with E-state index in [2.05, 4.69) is 38.2 Å². The van der Waals surface area contributed by atoms with Gasteiger partial charge in [-0.05, 0) is 72.7 Å². The molecule has 0 radical (unpaired) electrons. The van der Waals surface area contributed by atoms with E-state index in [1.807, 2.05) is 55.5 Å². The van der Waals surface area contributed by atoms with Crippen LogP contribution in [0.1, 0.15) is 74.0 Å². The van der Waals surface area contributed by atoms with Crippen LogP contribution in [-0.4, -0.2) is 28.9 Å². The van der Waals surface area contributed by atoms with Gasteiger partial charge in [0.15, 0.2) is 0 Å². The fraction of sp³-hybridized carbons (Fsp3) is 0.394. The van der Waals surface area contributed by atoms with Crippen LogP contribution in [0.2, 0.25) is 0 Å². The quantitative estimate of drug-likeness (QED) is 0.296. The van der Waals surface area contributed by atoms with Crippen molar-refractivity contribution in [1.82, 2.24) is 4.90 Å². The van der Waals surface area contributed by atoms with Gasteiger partial charge in [0, 0.05) is 24.2 Å². The summed E-state index contributed by atoms with van der Waals surface area (Å²) in [5.74, 6) is 0.668. The average molecular weight is 513 g/mol. The van der Waals surface area contributed by atoms with Gasteiger partial charge in [-0.25, -0.2) is 0 Å². The number of anilines is 1. The maximum atomic E-state index is 13.8. The van der Waals surface area contributed by atoms with E-state index < -0.39 is 6.04 Å². The molecular weight excluding hydrogens is 472 g/mol. The number of fused-ring (bicyclic) bond motifs is 1. The van der Waals surface area contributed by atoms with Crippen molar-refractivity contribution >= 4 is 17.5 Å². The number of aryl methyl sites for hydroxylation is 1. The molecular formula is C33H40N2O3. The molecule has 0 fully saturated rings. The number of hydrogen-bond acceptors (Lipinski definition) is 3. The van der Waals surface area contributed by atoms with Gasteiger partial charge in [-0.1, -0.05) is 76.1 Å². The zero-order valence-corrected chi connectivity index (χ0v) is 23.1. The normalized spacial score (nSPS) is 15.6. The molecule has 0 aromatic heterocycles. The first-order valence-electron chi connectivity index (χ1n) is 13.9. The summed E-state index contributed by atoms with van der Waals surface area (Å²) in [5.41, 5.74) is 4.72. The minimum absolute atomic E-state index is 0.0266. The second kappa shape index (κ2) is 12.8. The summed E-state index contributed by atoms with van der Waals surface area (Å²) in [6, 6.07) is 22.8. The van der Waals surface area contributed by atoms with E-state index in [-0.39, 0.29) is 17.9 Å². The molecule has 0 spiro atoms. The maximum absolute atomic E-state index is 13.8. The summed E-state index contributed by atoms with van der Waals surface area (Å²) < 4.78 is 6.05. The predicted molar refractivity (Wildman–Crippen MR) is 153 cm³/mol. The van der Waals surface area contributed by atoms with Gasteiger partial charge in [-0.3, -0.25) is 9.59 Å². The zero-order valence-electron chi connectivity index (χ0n) is 23.1. The van der Waals surface area contributed by atoms with Crippen molar-refractivity contribution in [2.75, 3.05) is 5.32 Å². The minimum atomic E-state index is -0.610. The van der Waals surface area contributed by atoms with Crippen LogP contribution in [0.5, 0.6) is 5.75 Å². The van der Waals surface area contributed by atoms with Crippen LogP contribution in [0, 0.1) is 5.92 Å². The lowest BCUT2D eigenvalue weighted by Gasteiger charge is -2.36. The Morgan fingerprint density at radius 1 is 0.947 bits per heavy atom. The van der Waals surface area contributed by atoms with Crippen LogP contribution in [0.25, 0.3) is 0 Å². The van der Waals surface area contributed by atoms with Gasteiger partial charge in [0.05, 0.1) is 6.10 Å². The number of nitrogens with one attached hydrogen (secondary N) is 1. The van der Waals surface area contributed by atoms with Crippen molar-refractivity contribution in [3.8, 4) is 5.75 Å². The third-order valence-corrected chi connectivity index (χ3v) is 7.44. The number of benzene rings is 3. The highest BCUT2D eigenvalue weighted by molar-refractivity contribution is 6.01. The third-order valence-electron chi connectivity index (χ3n) is 7.44. The number of ether oxygens (including phenoxy) is 1. The van der Waals surface area contributed by atoms with Crippen LogP contribution in [0.15, 0.2) is 72.8 Å². The van der Waals surface area contributed by atoms with Gasteiger partial charge in [-0.2, -0.15) is 0 Å². The number of rotatable bonds is 10. The number of unbranched alkanes of at least 4 members (excludes halogenated alkanes) is 2. The van der Waals surface area contributed by atoms with E-state index in [4.69, 9.17) is 4.74 Å². The first-order chi connectivity index (χ1) is 18.4. The highest BCUT2D eigenvalue weighted by atomic mass is 16.5. The van der Waals surface area contributed by atoms with Crippen LogP contribution in [0.4, 0.5) is 5.69 Å². The predicted octanol–water partition coefficient (Wildman–Crippen LogP) is 7.05. The maximum Gasteiger partial charge on any atom is 0.254 e. The lowest BCUT2D eigenvalue weighted by atomic mass is 9.92. The second-order valence-electron chi connectivity index (χ2n) is 10.7. The number of hydrogen-bond donors (Lipinski definition) is 1. The number of carbonyl (C=O) groups is 2. The first-order valence-corrected chi connectivity index (χ1v) is 13.9. The second-order valence-corrected chi connectivity index (χ2v) is 10.7. The Bertz CT molecular complexity index is 1230. The molecule has 3 aromatic rings.